The van der Waals surface area contributed by atoms with Crippen LogP contribution in [0.2, 0.25) is 0 Å². The molecule has 4 nitrogen and oxygen atoms in total. The summed E-state index contributed by atoms with van der Waals surface area (Å²) in [6, 6.07) is 1.61. The van der Waals surface area contributed by atoms with Crippen molar-refractivity contribution in [3.63, 3.8) is 0 Å². The van der Waals surface area contributed by atoms with E-state index in [1.807, 2.05) is 0 Å². The number of hydrogen-bond donors (Lipinski definition) is 1. The Hall–Kier alpha value is -1.32. The van der Waals surface area contributed by atoms with Gasteiger partial charge in [-0.15, -0.1) is 0 Å². The molecule has 0 spiro atoms. The number of aromatic nitrogens is 2. The molecule has 4 heteroatoms. The van der Waals surface area contributed by atoms with Gasteiger partial charge < -0.3 is 5.32 Å². The second-order valence-electron chi connectivity index (χ2n) is 4.66. The van der Waals surface area contributed by atoms with Crippen LogP contribution in [0.1, 0.15) is 58.3 Å². The highest BCUT2D eigenvalue weighted by Gasteiger charge is 2.01. The molecule has 1 N–H and O–H groups in total. The zero-order valence-electron chi connectivity index (χ0n) is 11.4. The molecule has 1 aromatic heterocycles. The fourth-order valence-corrected chi connectivity index (χ4v) is 1.92. The summed E-state index contributed by atoms with van der Waals surface area (Å²) in [6.45, 7) is 2.98. The summed E-state index contributed by atoms with van der Waals surface area (Å²) < 4.78 is 1.32. The Morgan fingerprint density at radius 1 is 1.11 bits per heavy atom. The molecule has 0 unspecified atom stereocenters. The number of carbonyl (C=O) groups excluding carboxylic acids is 1. The zero-order chi connectivity index (χ0) is 13.1. The van der Waals surface area contributed by atoms with Gasteiger partial charge in [-0.2, -0.15) is 9.78 Å². The molecule has 0 aliphatic rings. The molecule has 102 valence electrons. The molecule has 0 radical (unpaired) electrons. The van der Waals surface area contributed by atoms with Crippen molar-refractivity contribution >= 4 is 6.03 Å². The van der Waals surface area contributed by atoms with Crippen LogP contribution in [0.15, 0.2) is 18.5 Å². The summed E-state index contributed by atoms with van der Waals surface area (Å²) in [6.07, 6.45) is 13.5. The van der Waals surface area contributed by atoms with Crippen LogP contribution >= 0.6 is 0 Å². The monoisotopic (exact) mass is 251 g/mol. The van der Waals surface area contributed by atoms with Gasteiger partial charge in [0.25, 0.3) is 0 Å². The second-order valence-corrected chi connectivity index (χ2v) is 4.66. The average Bonchev–Trinajstić information content (AvgIpc) is 2.90. The maximum atomic E-state index is 11.5. The Morgan fingerprint density at radius 3 is 2.39 bits per heavy atom. The lowest BCUT2D eigenvalue weighted by molar-refractivity contribution is 0.239. The van der Waals surface area contributed by atoms with Gasteiger partial charge in [-0.1, -0.05) is 51.9 Å². The summed E-state index contributed by atoms with van der Waals surface area (Å²) in [7, 11) is 0. The topological polar surface area (TPSA) is 46.9 Å². The van der Waals surface area contributed by atoms with Crippen molar-refractivity contribution in [3.05, 3.63) is 18.5 Å². The van der Waals surface area contributed by atoms with E-state index in [0.29, 0.717) is 0 Å². The molecule has 0 fully saturated rings. The van der Waals surface area contributed by atoms with E-state index < -0.39 is 0 Å². The minimum Gasteiger partial charge on any atom is -0.336 e. The summed E-state index contributed by atoms with van der Waals surface area (Å²) in [5.74, 6) is 0. The van der Waals surface area contributed by atoms with Crippen molar-refractivity contribution in [3.8, 4) is 0 Å². The van der Waals surface area contributed by atoms with Crippen molar-refractivity contribution in [2.45, 2.75) is 58.3 Å². The highest BCUT2D eigenvalue weighted by molar-refractivity contribution is 5.75. The summed E-state index contributed by atoms with van der Waals surface area (Å²) in [4.78, 5) is 11.5. The van der Waals surface area contributed by atoms with E-state index in [1.165, 1.54) is 49.6 Å². The Morgan fingerprint density at radius 2 is 1.78 bits per heavy atom. The predicted molar refractivity (Wildman–Crippen MR) is 73.6 cm³/mol. The molecular formula is C14H25N3O. The van der Waals surface area contributed by atoms with Crippen LogP contribution in [0, 0.1) is 0 Å². The van der Waals surface area contributed by atoms with Crippen LogP contribution in [0.3, 0.4) is 0 Å². The number of amides is 1. The molecule has 0 saturated heterocycles. The maximum absolute atomic E-state index is 11.5. The molecule has 1 rings (SSSR count). The van der Waals surface area contributed by atoms with Crippen molar-refractivity contribution in [2.75, 3.05) is 6.54 Å². The Kier molecular flexibility index (Phi) is 7.93. The molecule has 0 bridgehead atoms. The van der Waals surface area contributed by atoms with Gasteiger partial charge in [0.05, 0.1) is 0 Å². The Bertz CT molecular complexity index is 309. The van der Waals surface area contributed by atoms with E-state index in [1.54, 1.807) is 18.5 Å². The third kappa shape index (κ3) is 6.42. The molecular weight excluding hydrogens is 226 g/mol. The number of carbonyl (C=O) groups is 1. The fraction of sp³-hybridized carbons (Fsp3) is 0.714. The number of rotatable bonds is 9. The van der Waals surface area contributed by atoms with Gasteiger partial charge in [0.15, 0.2) is 0 Å². The first-order valence-corrected chi connectivity index (χ1v) is 7.12. The average molecular weight is 251 g/mol. The van der Waals surface area contributed by atoms with Gasteiger partial charge in [0, 0.05) is 18.9 Å². The quantitative estimate of drug-likeness (QED) is 0.682. The van der Waals surface area contributed by atoms with E-state index in [9.17, 15) is 4.79 Å². The minimum absolute atomic E-state index is 0.136. The van der Waals surface area contributed by atoms with Crippen LogP contribution in [0.5, 0.6) is 0 Å². The van der Waals surface area contributed by atoms with Gasteiger partial charge in [0.1, 0.15) is 0 Å². The number of unbranched alkanes of at least 4 members (excludes halogenated alkanes) is 7. The molecule has 1 aromatic rings. The van der Waals surface area contributed by atoms with Crippen molar-refractivity contribution in [2.24, 2.45) is 0 Å². The smallest absolute Gasteiger partial charge is 0.336 e. The minimum atomic E-state index is -0.136. The largest absolute Gasteiger partial charge is 0.342 e. The SMILES string of the molecule is CCCCCCCCCCNC(=O)n1cccn1. The molecule has 1 heterocycles. The van der Waals surface area contributed by atoms with E-state index in [4.69, 9.17) is 0 Å². The van der Waals surface area contributed by atoms with E-state index >= 15 is 0 Å². The highest BCUT2D eigenvalue weighted by Crippen LogP contribution is 2.07. The van der Waals surface area contributed by atoms with Gasteiger partial charge in [-0.3, -0.25) is 0 Å². The van der Waals surface area contributed by atoms with E-state index in [2.05, 4.69) is 17.3 Å². The molecule has 0 aliphatic heterocycles. The third-order valence-electron chi connectivity index (χ3n) is 3.02. The van der Waals surface area contributed by atoms with Crippen LogP contribution in [-0.2, 0) is 0 Å². The normalized spacial score (nSPS) is 10.5. The van der Waals surface area contributed by atoms with Gasteiger partial charge in [-0.05, 0) is 12.5 Å². The van der Waals surface area contributed by atoms with Gasteiger partial charge in [0.2, 0.25) is 0 Å². The first-order chi connectivity index (χ1) is 8.84. The second kappa shape index (κ2) is 9.68. The summed E-state index contributed by atoms with van der Waals surface area (Å²) in [5, 5.41) is 6.74. The standard InChI is InChI=1S/C14H25N3O/c1-2-3-4-5-6-7-8-9-11-15-14(18)17-13-10-12-16-17/h10,12-13H,2-9,11H2,1H3,(H,15,18). The van der Waals surface area contributed by atoms with Crippen molar-refractivity contribution < 1.29 is 4.79 Å². The lowest BCUT2D eigenvalue weighted by atomic mass is 10.1. The zero-order valence-corrected chi connectivity index (χ0v) is 11.4. The summed E-state index contributed by atoms with van der Waals surface area (Å²) >= 11 is 0. The molecule has 0 aromatic carbocycles. The van der Waals surface area contributed by atoms with Gasteiger partial charge >= 0.3 is 6.03 Å². The summed E-state index contributed by atoms with van der Waals surface area (Å²) in [5.41, 5.74) is 0. The van der Waals surface area contributed by atoms with Crippen LogP contribution < -0.4 is 5.32 Å². The fourth-order valence-electron chi connectivity index (χ4n) is 1.92. The molecule has 1 amide bonds. The number of nitrogens with zero attached hydrogens (tertiary/aromatic N) is 2. The van der Waals surface area contributed by atoms with E-state index in [-0.39, 0.29) is 6.03 Å². The molecule has 0 saturated carbocycles. The Labute approximate surface area is 110 Å². The number of hydrogen-bond acceptors (Lipinski definition) is 2. The lowest BCUT2D eigenvalue weighted by Gasteiger charge is -2.04. The first kappa shape index (κ1) is 14.7. The lowest BCUT2D eigenvalue weighted by Crippen LogP contribution is -2.29. The molecule has 0 aliphatic carbocycles. The maximum Gasteiger partial charge on any atom is 0.342 e. The number of nitrogens with one attached hydrogen (secondary N) is 1. The van der Waals surface area contributed by atoms with Crippen LogP contribution in [0.25, 0.3) is 0 Å². The van der Waals surface area contributed by atoms with E-state index in [0.717, 1.165) is 13.0 Å². The first-order valence-electron chi connectivity index (χ1n) is 7.12. The predicted octanol–water partition coefficient (Wildman–Crippen LogP) is 3.58. The Balaban J connectivity index is 1.88. The molecule has 0 atom stereocenters. The van der Waals surface area contributed by atoms with Crippen molar-refractivity contribution in [1.29, 1.82) is 0 Å². The van der Waals surface area contributed by atoms with Gasteiger partial charge in [-0.25, -0.2) is 4.79 Å². The highest BCUT2D eigenvalue weighted by atomic mass is 16.2. The van der Waals surface area contributed by atoms with Crippen LogP contribution in [0.4, 0.5) is 4.79 Å². The molecule has 18 heavy (non-hydrogen) atoms. The third-order valence-corrected chi connectivity index (χ3v) is 3.02. The van der Waals surface area contributed by atoms with Crippen molar-refractivity contribution in [1.82, 2.24) is 15.1 Å². The van der Waals surface area contributed by atoms with Crippen LogP contribution in [-0.4, -0.2) is 22.4 Å².